The van der Waals surface area contributed by atoms with E-state index in [4.69, 9.17) is 5.11 Å². The summed E-state index contributed by atoms with van der Waals surface area (Å²) in [4.78, 5) is 18.8. The van der Waals surface area contributed by atoms with Crippen LogP contribution in [0.2, 0.25) is 0 Å². The van der Waals surface area contributed by atoms with Gasteiger partial charge in [0.15, 0.2) is 5.65 Å². The van der Waals surface area contributed by atoms with Crippen molar-refractivity contribution in [1.29, 1.82) is 0 Å². The van der Waals surface area contributed by atoms with Gasteiger partial charge in [0, 0.05) is 5.69 Å². The highest BCUT2D eigenvalue weighted by atomic mass is 16.4. The van der Waals surface area contributed by atoms with Crippen molar-refractivity contribution in [3.8, 4) is 0 Å². The summed E-state index contributed by atoms with van der Waals surface area (Å²) in [5.41, 5.74) is 2.23. The highest BCUT2D eigenvalue weighted by Gasteiger charge is 2.06. The van der Waals surface area contributed by atoms with Crippen molar-refractivity contribution in [2.45, 2.75) is 6.42 Å². The smallest absolute Gasteiger partial charge is 0.307 e. The summed E-state index contributed by atoms with van der Waals surface area (Å²) in [5, 5.41) is 19.4. The summed E-state index contributed by atoms with van der Waals surface area (Å²) < 4.78 is 0. The number of carboxylic acids is 1. The van der Waals surface area contributed by atoms with Crippen molar-refractivity contribution in [1.82, 2.24) is 20.2 Å². The molecule has 3 N–H and O–H groups in total. The summed E-state index contributed by atoms with van der Waals surface area (Å²) in [6.45, 7) is 0. The van der Waals surface area contributed by atoms with E-state index >= 15 is 0 Å². The lowest BCUT2D eigenvalue weighted by Gasteiger charge is -2.06. The third kappa shape index (κ3) is 2.41. The van der Waals surface area contributed by atoms with Crippen LogP contribution >= 0.6 is 0 Å². The van der Waals surface area contributed by atoms with E-state index in [0.717, 1.165) is 16.6 Å². The minimum Gasteiger partial charge on any atom is -0.481 e. The van der Waals surface area contributed by atoms with Gasteiger partial charge in [0.25, 0.3) is 0 Å². The maximum absolute atomic E-state index is 10.6. The molecule has 0 bridgehead atoms. The van der Waals surface area contributed by atoms with Crippen molar-refractivity contribution in [2.75, 3.05) is 5.32 Å². The topological polar surface area (TPSA) is 104 Å². The second-order valence-corrected chi connectivity index (χ2v) is 4.25. The monoisotopic (exact) mass is 269 g/mol. The predicted molar refractivity (Wildman–Crippen MR) is 72.7 cm³/mol. The van der Waals surface area contributed by atoms with Crippen molar-refractivity contribution >= 4 is 28.5 Å². The standard InChI is InChI=1S/C13H11N5O2/c19-11(20)5-8-1-3-9(4-2-8)17-12-10-6-16-18-13(10)15-7-14-12/h1-4,6-7H,5H2,(H,19,20)(H2,14,15,16,17,18). The van der Waals surface area contributed by atoms with Crippen LogP contribution in [-0.4, -0.2) is 31.2 Å². The minimum atomic E-state index is -0.846. The van der Waals surface area contributed by atoms with Crippen molar-refractivity contribution in [3.05, 3.63) is 42.4 Å². The molecule has 100 valence electrons. The van der Waals surface area contributed by atoms with Gasteiger partial charge in [-0.15, -0.1) is 0 Å². The van der Waals surface area contributed by atoms with Crippen LogP contribution in [-0.2, 0) is 11.2 Å². The number of nitrogens with one attached hydrogen (secondary N) is 2. The zero-order chi connectivity index (χ0) is 13.9. The van der Waals surface area contributed by atoms with Gasteiger partial charge in [-0.1, -0.05) is 12.1 Å². The van der Waals surface area contributed by atoms with E-state index in [9.17, 15) is 4.79 Å². The average molecular weight is 269 g/mol. The van der Waals surface area contributed by atoms with Crippen LogP contribution in [0, 0.1) is 0 Å². The quantitative estimate of drug-likeness (QED) is 0.666. The summed E-state index contributed by atoms with van der Waals surface area (Å²) in [6.07, 6.45) is 3.11. The molecule has 0 spiro atoms. The Balaban J connectivity index is 1.84. The number of carboxylic acid groups (broad SMARTS) is 1. The number of hydrogen-bond acceptors (Lipinski definition) is 5. The third-order valence-corrected chi connectivity index (χ3v) is 2.82. The lowest BCUT2D eigenvalue weighted by Crippen LogP contribution is -2.00. The molecule has 20 heavy (non-hydrogen) atoms. The van der Waals surface area contributed by atoms with E-state index in [1.165, 1.54) is 6.33 Å². The Hall–Kier alpha value is -2.96. The minimum absolute atomic E-state index is 0.0137. The Bertz CT molecular complexity index is 751. The zero-order valence-electron chi connectivity index (χ0n) is 10.4. The number of anilines is 2. The van der Waals surface area contributed by atoms with E-state index in [2.05, 4.69) is 25.5 Å². The van der Waals surface area contributed by atoms with E-state index in [-0.39, 0.29) is 6.42 Å². The van der Waals surface area contributed by atoms with E-state index in [1.807, 2.05) is 12.1 Å². The lowest BCUT2D eigenvalue weighted by molar-refractivity contribution is -0.136. The van der Waals surface area contributed by atoms with Crippen LogP contribution in [0.25, 0.3) is 11.0 Å². The number of fused-ring (bicyclic) bond motifs is 1. The first kappa shape index (κ1) is 12.1. The molecule has 0 aliphatic heterocycles. The summed E-state index contributed by atoms with van der Waals surface area (Å²) >= 11 is 0. The van der Waals surface area contributed by atoms with Gasteiger partial charge in [-0.3, -0.25) is 9.89 Å². The van der Waals surface area contributed by atoms with Gasteiger partial charge in [-0.05, 0) is 17.7 Å². The van der Waals surface area contributed by atoms with E-state index < -0.39 is 5.97 Å². The molecule has 2 heterocycles. The molecule has 0 atom stereocenters. The van der Waals surface area contributed by atoms with E-state index in [1.54, 1.807) is 18.3 Å². The lowest BCUT2D eigenvalue weighted by atomic mass is 10.1. The SMILES string of the molecule is O=C(O)Cc1ccc(Nc2ncnc3[nH]ncc23)cc1. The van der Waals surface area contributed by atoms with Gasteiger partial charge < -0.3 is 10.4 Å². The molecule has 7 nitrogen and oxygen atoms in total. The van der Waals surface area contributed by atoms with Gasteiger partial charge in [-0.2, -0.15) is 5.10 Å². The Morgan fingerprint density at radius 3 is 2.80 bits per heavy atom. The molecule has 0 aliphatic rings. The molecule has 1 aromatic carbocycles. The largest absolute Gasteiger partial charge is 0.481 e. The molecule has 2 aromatic heterocycles. The molecule has 0 fully saturated rings. The second-order valence-electron chi connectivity index (χ2n) is 4.25. The predicted octanol–water partition coefficient (Wildman–Crippen LogP) is 1.72. The number of H-pyrrole nitrogens is 1. The van der Waals surface area contributed by atoms with Crippen LogP contribution < -0.4 is 5.32 Å². The summed E-state index contributed by atoms with van der Waals surface area (Å²) in [6, 6.07) is 7.16. The molecule has 0 unspecified atom stereocenters. The number of nitrogens with zero attached hydrogens (tertiary/aromatic N) is 3. The Morgan fingerprint density at radius 1 is 1.25 bits per heavy atom. The number of benzene rings is 1. The summed E-state index contributed by atoms with van der Waals surface area (Å²) in [7, 11) is 0. The fraction of sp³-hybridized carbons (Fsp3) is 0.0769. The zero-order valence-corrected chi connectivity index (χ0v) is 10.4. The van der Waals surface area contributed by atoms with Gasteiger partial charge in [0.1, 0.15) is 12.1 Å². The van der Waals surface area contributed by atoms with Crippen LogP contribution in [0.3, 0.4) is 0 Å². The van der Waals surface area contributed by atoms with Gasteiger partial charge in [0.2, 0.25) is 0 Å². The molecule has 0 aliphatic carbocycles. The molecule has 3 rings (SSSR count). The number of hydrogen-bond donors (Lipinski definition) is 3. The van der Waals surface area contributed by atoms with Gasteiger partial charge in [-0.25, -0.2) is 9.97 Å². The Labute approximate surface area is 113 Å². The van der Waals surface area contributed by atoms with Crippen molar-refractivity contribution < 1.29 is 9.90 Å². The van der Waals surface area contributed by atoms with Crippen LogP contribution in [0.4, 0.5) is 11.5 Å². The van der Waals surface area contributed by atoms with Gasteiger partial charge >= 0.3 is 5.97 Å². The average Bonchev–Trinajstić information content (AvgIpc) is 2.90. The maximum Gasteiger partial charge on any atom is 0.307 e. The molecule has 0 saturated carbocycles. The van der Waals surface area contributed by atoms with Crippen molar-refractivity contribution in [3.63, 3.8) is 0 Å². The molecular formula is C13H11N5O2. The van der Waals surface area contributed by atoms with Crippen LogP contribution in [0.15, 0.2) is 36.8 Å². The van der Waals surface area contributed by atoms with Gasteiger partial charge in [0.05, 0.1) is 18.0 Å². The Kier molecular flexibility index (Phi) is 3.00. The maximum atomic E-state index is 10.6. The third-order valence-electron chi connectivity index (χ3n) is 2.82. The first-order chi connectivity index (χ1) is 9.72. The molecule has 0 radical (unpaired) electrons. The van der Waals surface area contributed by atoms with Crippen LogP contribution in [0.1, 0.15) is 5.56 Å². The molecule has 0 amide bonds. The van der Waals surface area contributed by atoms with Crippen LogP contribution in [0.5, 0.6) is 0 Å². The van der Waals surface area contributed by atoms with E-state index in [0.29, 0.717) is 11.5 Å². The second kappa shape index (κ2) is 4.96. The molecule has 3 aromatic rings. The first-order valence-electron chi connectivity index (χ1n) is 5.94. The summed E-state index contributed by atoms with van der Waals surface area (Å²) in [5.74, 6) is -0.198. The highest BCUT2D eigenvalue weighted by molar-refractivity contribution is 5.87. The van der Waals surface area contributed by atoms with Crippen molar-refractivity contribution in [2.24, 2.45) is 0 Å². The molecule has 0 saturated heterocycles. The Morgan fingerprint density at radius 2 is 2.05 bits per heavy atom. The molecule has 7 heteroatoms. The fourth-order valence-corrected chi connectivity index (χ4v) is 1.88. The number of aliphatic carboxylic acids is 1. The normalized spacial score (nSPS) is 10.6. The molecular weight excluding hydrogens is 258 g/mol. The number of carbonyl (C=O) groups is 1. The fourth-order valence-electron chi connectivity index (χ4n) is 1.88. The number of aromatic amines is 1. The first-order valence-corrected chi connectivity index (χ1v) is 5.94. The number of aromatic nitrogens is 4. The number of rotatable bonds is 4. The highest BCUT2D eigenvalue weighted by Crippen LogP contribution is 2.21.